The number of aromatic nitrogens is 3. The van der Waals surface area contributed by atoms with Crippen molar-refractivity contribution in [2.75, 3.05) is 25.1 Å². The van der Waals surface area contributed by atoms with Crippen LogP contribution in [-0.4, -0.2) is 59.7 Å². The van der Waals surface area contributed by atoms with Gasteiger partial charge in [0.25, 0.3) is 0 Å². The van der Waals surface area contributed by atoms with E-state index in [1.807, 2.05) is 48.2 Å². The van der Waals surface area contributed by atoms with E-state index in [1.165, 1.54) is 30.1 Å². The highest BCUT2D eigenvalue weighted by Crippen LogP contribution is 2.39. The van der Waals surface area contributed by atoms with Gasteiger partial charge in [-0.15, -0.1) is 10.2 Å². The molecule has 3 aromatic rings. The second-order valence-electron chi connectivity index (χ2n) is 10.1. The fourth-order valence-electron chi connectivity index (χ4n) is 5.70. The SMILES string of the molecule is COC(=O)C1(n2cnnc2)CCN(c2ccc(CN3C(C)CCC(c4ccccc4)S3(=O)=O)c(F)c2)CC1. The van der Waals surface area contributed by atoms with Gasteiger partial charge in [0.15, 0.2) is 0 Å². The summed E-state index contributed by atoms with van der Waals surface area (Å²) in [4.78, 5) is 14.7. The molecule has 2 aliphatic rings. The van der Waals surface area contributed by atoms with Crippen LogP contribution in [0.15, 0.2) is 61.2 Å². The zero-order valence-corrected chi connectivity index (χ0v) is 22.3. The molecule has 38 heavy (non-hydrogen) atoms. The van der Waals surface area contributed by atoms with Crippen LogP contribution in [0.5, 0.6) is 0 Å². The van der Waals surface area contributed by atoms with Crippen molar-refractivity contribution in [2.24, 2.45) is 0 Å². The molecule has 0 saturated carbocycles. The van der Waals surface area contributed by atoms with Crippen LogP contribution in [0.3, 0.4) is 0 Å². The standard InChI is InChI=1S/C27H32FN5O4S/c1-20-8-11-25(21-6-4-3-5-7-21)38(35,36)33(20)17-22-9-10-23(16-24(22)28)31-14-12-27(13-15-31,26(34)37-2)32-18-29-30-19-32/h3-7,9-10,16,18-20,25H,8,11-15,17H2,1-2H3. The van der Waals surface area contributed by atoms with Gasteiger partial charge in [0.1, 0.15) is 29.3 Å². The van der Waals surface area contributed by atoms with E-state index in [0.29, 0.717) is 50.0 Å². The number of hydrogen-bond donors (Lipinski definition) is 0. The largest absolute Gasteiger partial charge is 0.467 e. The van der Waals surface area contributed by atoms with Crippen molar-refractivity contribution in [2.45, 2.75) is 56.0 Å². The lowest BCUT2D eigenvalue weighted by molar-refractivity contribution is -0.152. The van der Waals surface area contributed by atoms with E-state index >= 15 is 4.39 Å². The molecule has 2 atom stereocenters. The first-order valence-corrected chi connectivity index (χ1v) is 14.3. The van der Waals surface area contributed by atoms with Crippen molar-refractivity contribution in [1.29, 1.82) is 0 Å². The minimum absolute atomic E-state index is 0.0158. The quantitative estimate of drug-likeness (QED) is 0.440. The number of carbonyl (C=O) groups is 1. The zero-order chi connectivity index (χ0) is 26.9. The smallest absolute Gasteiger partial charge is 0.332 e. The van der Waals surface area contributed by atoms with E-state index in [-0.39, 0.29) is 18.6 Å². The first-order valence-electron chi connectivity index (χ1n) is 12.8. The predicted molar refractivity (Wildman–Crippen MR) is 140 cm³/mol. The summed E-state index contributed by atoms with van der Waals surface area (Å²) in [7, 11) is -2.30. The molecule has 0 aliphatic carbocycles. The average Bonchev–Trinajstić information content (AvgIpc) is 3.47. The highest BCUT2D eigenvalue weighted by atomic mass is 32.2. The molecular formula is C27H32FN5O4S. The van der Waals surface area contributed by atoms with Gasteiger partial charge in [0.05, 0.1) is 7.11 Å². The summed E-state index contributed by atoms with van der Waals surface area (Å²) < 4.78 is 50.7. The van der Waals surface area contributed by atoms with Crippen molar-refractivity contribution in [1.82, 2.24) is 19.1 Å². The van der Waals surface area contributed by atoms with Crippen molar-refractivity contribution < 1.29 is 22.3 Å². The molecule has 9 nitrogen and oxygen atoms in total. The van der Waals surface area contributed by atoms with Crippen molar-refractivity contribution >= 4 is 21.7 Å². The Morgan fingerprint density at radius 3 is 2.39 bits per heavy atom. The van der Waals surface area contributed by atoms with E-state index in [1.54, 1.807) is 10.6 Å². The number of rotatable bonds is 6. The second-order valence-corrected chi connectivity index (χ2v) is 12.1. The highest BCUT2D eigenvalue weighted by Gasteiger charge is 2.45. The van der Waals surface area contributed by atoms with E-state index < -0.39 is 26.6 Å². The predicted octanol–water partition coefficient (Wildman–Crippen LogP) is 3.64. The Bertz CT molecular complexity index is 1380. The zero-order valence-electron chi connectivity index (χ0n) is 21.5. The minimum Gasteiger partial charge on any atom is -0.467 e. The molecule has 202 valence electrons. The number of hydrogen-bond acceptors (Lipinski definition) is 7. The van der Waals surface area contributed by atoms with E-state index in [0.717, 1.165) is 5.56 Å². The molecule has 0 amide bonds. The van der Waals surface area contributed by atoms with Crippen LogP contribution in [0.1, 0.15) is 49.0 Å². The van der Waals surface area contributed by atoms with Crippen LogP contribution in [0.2, 0.25) is 0 Å². The first-order chi connectivity index (χ1) is 18.3. The van der Waals surface area contributed by atoms with Crippen LogP contribution >= 0.6 is 0 Å². The van der Waals surface area contributed by atoms with Crippen LogP contribution in [0, 0.1) is 5.82 Å². The average molecular weight is 542 g/mol. The number of ether oxygens (including phenoxy) is 1. The third-order valence-corrected chi connectivity index (χ3v) is 10.4. The number of nitrogens with zero attached hydrogens (tertiary/aromatic N) is 5. The second kappa shape index (κ2) is 10.5. The lowest BCUT2D eigenvalue weighted by atomic mass is 9.87. The number of piperidine rings is 1. The maximum atomic E-state index is 15.4. The fraction of sp³-hybridized carbons (Fsp3) is 0.444. The van der Waals surface area contributed by atoms with E-state index in [4.69, 9.17) is 4.74 Å². The van der Waals surface area contributed by atoms with Crippen LogP contribution in [-0.2, 0) is 31.6 Å². The Kier molecular flexibility index (Phi) is 7.23. The summed E-state index contributed by atoms with van der Waals surface area (Å²) in [6.45, 7) is 2.87. The third kappa shape index (κ3) is 4.69. The molecule has 0 radical (unpaired) electrons. The summed E-state index contributed by atoms with van der Waals surface area (Å²) in [5.74, 6) is -0.806. The normalized spacial score (nSPS) is 23.2. The van der Waals surface area contributed by atoms with Crippen LogP contribution in [0.4, 0.5) is 10.1 Å². The maximum Gasteiger partial charge on any atom is 0.332 e. The van der Waals surface area contributed by atoms with Gasteiger partial charge in [0, 0.05) is 36.9 Å². The number of benzene rings is 2. The minimum atomic E-state index is -3.66. The molecule has 0 N–H and O–H groups in total. The summed E-state index contributed by atoms with van der Waals surface area (Å²) in [6.07, 6.45) is 5.18. The third-order valence-electron chi connectivity index (χ3n) is 7.99. The van der Waals surface area contributed by atoms with Gasteiger partial charge in [-0.1, -0.05) is 36.4 Å². The monoisotopic (exact) mass is 541 g/mol. The highest BCUT2D eigenvalue weighted by molar-refractivity contribution is 7.89. The molecular weight excluding hydrogens is 509 g/mol. The Hall–Kier alpha value is -3.31. The Labute approximate surface area is 222 Å². The number of anilines is 1. The van der Waals surface area contributed by atoms with Gasteiger partial charge < -0.3 is 14.2 Å². The Balaban J connectivity index is 1.32. The van der Waals surface area contributed by atoms with Gasteiger partial charge >= 0.3 is 5.97 Å². The van der Waals surface area contributed by atoms with Gasteiger partial charge in [-0.25, -0.2) is 17.6 Å². The summed E-state index contributed by atoms with van der Waals surface area (Å²) in [5, 5.41) is 7.05. The molecule has 0 spiro atoms. The van der Waals surface area contributed by atoms with Gasteiger partial charge in [0.2, 0.25) is 10.0 Å². The summed E-state index contributed by atoms with van der Waals surface area (Å²) >= 11 is 0. The molecule has 2 saturated heterocycles. The molecule has 2 aromatic carbocycles. The number of methoxy groups -OCH3 is 1. The first kappa shape index (κ1) is 26.3. The number of halogens is 1. The summed E-state index contributed by atoms with van der Waals surface area (Å²) in [6, 6.07) is 13.9. The van der Waals surface area contributed by atoms with Crippen LogP contribution < -0.4 is 4.90 Å². The van der Waals surface area contributed by atoms with Gasteiger partial charge in [-0.3, -0.25) is 0 Å². The molecule has 11 heteroatoms. The van der Waals surface area contributed by atoms with Crippen LogP contribution in [0.25, 0.3) is 0 Å². The molecule has 2 unspecified atom stereocenters. The lowest BCUT2D eigenvalue weighted by Crippen LogP contribution is -2.51. The molecule has 1 aromatic heterocycles. The van der Waals surface area contributed by atoms with E-state index in [2.05, 4.69) is 10.2 Å². The van der Waals surface area contributed by atoms with Gasteiger partial charge in [-0.2, -0.15) is 4.31 Å². The number of carbonyl (C=O) groups excluding carboxylic acids is 1. The number of sulfonamides is 1. The van der Waals surface area contributed by atoms with Gasteiger partial charge in [-0.05, 0) is 50.3 Å². The summed E-state index contributed by atoms with van der Waals surface area (Å²) in [5.41, 5.74) is 0.884. The molecule has 2 fully saturated rings. The molecule has 5 rings (SSSR count). The van der Waals surface area contributed by atoms with Crippen molar-refractivity contribution in [3.63, 3.8) is 0 Å². The topological polar surface area (TPSA) is 97.6 Å². The fourth-order valence-corrected chi connectivity index (χ4v) is 7.88. The molecule has 0 bridgehead atoms. The molecule has 3 heterocycles. The Morgan fingerprint density at radius 1 is 1.08 bits per heavy atom. The lowest BCUT2D eigenvalue weighted by Gasteiger charge is -2.41. The van der Waals surface area contributed by atoms with Crippen molar-refractivity contribution in [3.8, 4) is 0 Å². The maximum absolute atomic E-state index is 15.4. The van der Waals surface area contributed by atoms with Crippen molar-refractivity contribution in [3.05, 3.63) is 78.1 Å². The Morgan fingerprint density at radius 2 is 1.76 bits per heavy atom. The van der Waals surface area contributed by atoms with E-state index in [9.17, 15) is 13.2 Å². The number of esters is 1. The molecule has 2 aliphatic heterocycles.